The second kappa shape index (κ2) is 4.15. The van der Waals surface area contributed by atoms with E-state index in [-0.39, 0.29) is 0 Å². The molecule has 0 saturated heterocycles. The van der Waals surface area contributed by atoms with Gasteiger partial charge in [-0.1, -0.05) is 48.5 Å². The third kappa shape index (κ3) is 1.62. The molecule has 1 heteroatoms. The summed E-state index contributed by atoms with van der Waals surface area (Å²) in [4.78, 5) is 0. The molecule has 0 spiro atoms. The Hall–Kier alpha value is -1.81. The third-order valence-corrected chi connectivity index (χ3v) is 1.66. The van der Waals surface area contributed by atoms with Gasteiger partial charge in [0.2, 0.25) is 0 Å². The molecule has 0 aliphatic heterocycles. The van der Waals surface area contributed by atoms with Crippen LogP contribution in [-0.2, 0) is 0 Å². The fourth-order valence-electron chi connectivity index (χ4n) is 1.13. The van der Waals surface area contributed by atoms with E-state index in [1.165, 1.54) is 10.8 Å². The van der Waals surface area contributed by atoms with E-state index in [2.05, 4.69) is 55.1 Å². The van der Waals surface area contributed by atoms with Crippen molar-refractivity contribution >= 4 is 10.8 Å². The van der Waals surface area contributed by atoms with Crippen LogP contribution in [0.4, 0.5) is 0 Å². The lowest BCUT2D eigenvalue weighted by Gasteiger charge is -1.92. The monoisotopic (exact) mass is 155 g/mol. The molecule has 0 atom stereocenters. The van der Waals surface area contributed by atoms with Gasteiger partial charge in [0.25, 0.3) is 0 Å². The summed E-state index contributed by atoms with van der Waals surface area (Å²) in [7, 11) is 0. The summed E-state index contributed by atoms with van der Waals surface area (Å²) >= 11 is 0. The largest absolute Gasteiger partial charge is 0.202 e. The van der Waals surface area contributed by atoms with Gasteiger partial charge in [-0.2, -0.15) is 0 Å². The van der Waals surface area contributed by atoms with E-state index in [0.29, 0.717) is 0 Å². The van der Waals surface area contributed by atoms with Crippen molar-refractivity contribution in [2.45, 2.75) is 0 Å². The van der Waals surface area contributed by atoms with Gasteiger partial charge < -0.3 is 0 Å². The van der Waals surface area contributed by atoms with Crippen molar-refractivity contribution in [1.82, 2.24) is 0 Å². The van der Waals surface area contributed by atoms with E-state index in [4.69, 9.17) is 5.26 Å². The van der Waals surface area contributed by atoms with Gasteiger partial charge in [-0.25, -0.2) is 5.26 Å². The Morgan fingerprint density at radius 3 is 1.17 bits per heavy atom. The van der Waals surface area contributed by atoms with Crippen molar-refractivity contribution in [2.24, 2.45) is 0 Å². The van der Waals surface area contributed by atoms with Crippen LogP contribution in [0.25, 0.3) is 10.8 Å². The molecule has 0 radical (unpaired) electrons. The predicted molar refractivity (Wildman–Crippen MR) is 50.6 cm³/mol. The van der Waals surface area contributed by atoms with Gasteiger partial charge in [0.05, 0.1) is 0 Å². The van der Waals surface area contributed by atoms with E-state index in [9.17, 15) is 0 Å². The Morgan fingerprint density at radius 2 is 0.917 bits per heavy atom. The van der Waals surface area contributed by atoms with Crippen LogP contribution >= 0.6 is 0 Å². The van der Waals surface area contributed by atoms with E-state index in [1.54, 1.807) is 0 Å². The lowest BCUT2D eigenvalue weighted by molar-refractivity contribution is 1.58. The molecular weight excluding hydrogens is 146 g/mol. The third-order valence-electron chi connectivity index (χ3n) is 1.66. The summed E-state index contributed by atoms with van der Waals surface area (Å²) in [6.07, 6.45) is 0. The zero-order chi connectivity index (χ0) is 8.81. The van der Waals surface area contributed by atoms with Gasteiger partial charge in [0.1, 0.15) is 0 Å². The molecule has 2 aromatic carbocycles. The first kappa shape index (κ1) is 8.29. The maximum absolute atomic E-state index is 6.50. The average Bonchev–Trinajstić information content (AvgIpc) is 2.21. The number of nitriles is 1. The second-order valence-corrected chi connectivity index (χ2v) is 2.35. The molecule has 0 unspecified atom stereocenters. The smallest absolute Gasteiger partial charge is 0.0462 e. The molecule has 0 aromatic heterocycles. The zero-order valence-electron chi connectivity index (χ0n) is 6.64. The Balaban J connectivity index is 0.000000336. The van der Waals surface area contributed by atoms with Crippen LogP contribution < -0.4 is 0 Å². The van der Waals surface area contributed by atoms with Gasteiger partial charge in [-0.3, -0.25) is 0 Å². The van der Waals surface area contributed by atoms with Gasteiger partial charge in [0, 0.05) is 6.57 Å². The Morgan fingerprint density at radius 1 is 0.667 bits per heavy atom. The number of hydrogen-bond donors (Lipinski definition) is 0. The van der Waals surface area contributed by atoms with Crippen molar-refractivity contribution < 1.29 is 0 Å². The first-order chi connectivity index (χ1) is 5.97. The molecule has 58 valence electrons. The minimum absolute atomic E-state index is 1.31. The highest BCUT2D eigenvalue weighted by molar-refractivity contribution is 5.81. The molecule has 0 saturated carbocycles. The summed E-state index contributed by atoms with van der Waals surface area (Å²) in [6.45, 7) is 3.50. The Kier molecular flexibility index (Phi) is 2.87. The van der Waals surface area contributed by atoms with Gasteiger partial charge in [-0.05, 0) is 10.8 Å². The zero-order valence-corrected chi connectivity index (χ0v) is 6.64. The topological polar surface area (TPSA) is 23.8 Å². The summed E-state index contributed by atoms with van der Waals surface area (Å²) < 4.78 is 0. The van der Waals surface area contributed by atoms with Crippen molar-refractivity contribution in [3.63, 3.8) is 0 Å². The molecule has 1 nitrogen and oxygen atoms in total. The first-order valence-corrected chi connectivity index (χ1v) is 3.66. The maximum Gasteiger partial charge on any atom is 0.0462 e. The minimum Gasteiger partial charge on any atom is -0.202 e. The lowest BCUT2D eigenvalue weighted by Crippen LogP contribution is -1.67. The van der Waals surface area contributed by atoms with E-state index < -0.39 is 0 Å². The predicted octanol–water partition coefficient (Wildman–Crippen LogP) is 2.98. The quantitative estimate of drug-likeness (QED) is 0.573. The fourth-order valence-corrected chi connectivity index (χ4v) is 1.13. The first-order valence-electron chi connectivity index (χ1n) is 3.66. The van der Waals surface area contributed by atoms with Crippen molar-refractivity contribution in [1.29, 1.82) is 5.26 Å². The van der Waals surface area contributed by atoms with Crippen LogP contribution in [0.3, 0.4) is 0 Å². The number of fused-ring (bicyclic) bond motifs is 1. The van der Waals surface area contributed by atoms with Crippen molar-refractivity contribution in [3.05, 3.63) is 48.5 Å². The number of hydrogen-bond acceptors (Lipinski definition) is 1. The molecule has 0 N–H and O–H groups in total. The molecule has 2 aromatic rings. The normalized spacial score (nSPS) is 8.50. The number of nitrogens with zero attached hydrogens (tertiary/aromatic N) is 1. The molecule has 0 amide bonds. The summed E-state index contributed by atoms with van der Waals surface area (Å²) in [5, 5.41) is 9.12. The van der Waals surface area contributed by atoms with Gasteiger partial charge in [-0.15, -0.1) is 0 Å². The minimum atomic E-state index is 1.31. The number of rotatable bonds is 0. The van der Waals surface area contributed by atoms with Gasteiger partial charge >= 0.3 is 0 Å². The molecule has 0 heterocycles. The average molecular weight is 155 g/mol. The fraction of sp³-hybridized carbons (Fsp3) is 0. The highest BCUT2D eigenvalue weighted by Gasteiger charge is 1.85. The standard InChI is InChI=1S/C10H8.CHN/c1-2-6-10-8-4-3-7-9(10)5-1;1-2/h1-8H;1H. The number of benzene rings is 2. The Labute approximate surface area is 71.9 Å². The maximum atomic E-state index is 6.50. The van der Waals surface area contributed by atoms with Crippen LogP contribution in [0.15, 0.2) is 48.5 Å². The molecule has 12 heavy (non-hydrogen) atoms. The molecule has 0 aliphatic rings. The molecule has 2 rings (SSSR count). The van der Waals surface area contributed by atoms with E-state index in [1.807, 2.05) is 0 Å². The Bertz CT molecular complexity index is 311. The highest BCUT2D eigenvalue weighted by Crippen LogP contribution is 2.11. The SMILES string of the molecule is C#N.c1ccc2ccccc2c1. The molecule has 0 aliphatic carbocycles. The summed E-state index contributed by atoms with van der Waals surface area (Å²) in [5.74, 6) is 0. The molecule has 0 bridgehead atoms. The summed E-state index contributed by atoms with van der Waals surface area (Å²) in [5.41, 5.74) is 0. The highest BCUT2D eigenvalue weighted by atomic mass is 14.2. The van der Waals surface area contributed by atoms with E-state index in [0.717, 1.165) is 0 Å². The molecule has 0 fully saturated rings. The summed E-state index contributed by atoms with van der Waals surface area (Å²) in [6, 6.07) is 16.7. The van der Waals surface area contributed by atoms with E-state index >= 15 is 0 Å². The molecular formula is C11H9N. The van der Waals surface area contributed by atoms with Crippen LogP contribution in [0, 0.1) is 11.8 Å². The van der Waals surface area contributed by atoms with Gasteiger partial charge in [0.15, 0.2) is 0 Å². The van der Waals surface area contributed by atoms with Crippen LogP contribution in [0.2, 0.25) is 0 Å². The van der Waals surface area contributed by atoms with Crippen LogP contribution in [-0.4, -0.2) is 0 Å². The van der Waals surface area contributed by atoms with Crippen molar-refractivity contribution in [2.75, 3.05) is 0 Å². The lowest BCUT2D eigenvalue weighted by atomic mass is 10.1. The van der Waals surface area contributed by atoms with Crippen molar-refractivity contribution in [3.8, 4) is 6.57 Å². The second-order valence-electron chi connectivity index (χ2n) is 2.35. The van der Waals surface area contributed by atoms with Crippen LogP contribution in [0.5, 0.6) is 0 Å². The van der Waals surface area contributed by atoms with Crippen LogP contribution in [0.1, 0.15) is 0 Å².